The van der Waals surface area contributed by atoms with Gasteiger partial charge in [-0.1, -0.05) is 45.0 Å². The number of hydrogen-bond acceptors (Lipinski definition) is 2. The predicted molar refractivity (Wildman–Crippen MR) is 93.8 cm³/mol. The Balaban J connectivity index is 2.54. The van der Waals surface area contributed by atoms with Gasteiger partial charge in [0.15, 0.2) is 0 Å². The zero-order chi connectivity index (χ0) is 16.3. The Morgan fingerprint density at radius 1 is 1.10 bits per heavy atom. The molecular formula is C18H29NOS. The predicted octanol–water partition coefficient (Wildman–Crippen LogP) is 4.52. The van der Waals surface area contributed by atoms with Crippen molar-refractivity contribution in [1.29, 1.82) is 0 Å². The fraction of sp³-hybridized carbons (Fsp3) is 0.611. The molecule has 0 aliphatic heterocycles. The molecule has 21 heavy (non-hydrogen) atoms. The standard InChI is InChI=1S/C18H29NOS/c1-13(16(20)19-18(5,6)7)21-12-14-8-10-15(11-9-14)17(2,3)4/h8-11,13H,12H2,1-7H3,(H,19,20). The van der Waals surface area contributed by atoms with Gasteiger partial charge in [0.25, 0.3) is 0 Å². The topological polar surface area (TPSA) is 29.1 Å². The highest BCUT2D eigenvalue weighted by Gasteiger charge is 2.19. The lowest BCUT2D eigenvalue weighted by molar-refractivity contribution is -0.121. The second kappa shape index (κ2) is 6.87. The molecule has 1 rings (SSSR count). The van der Waals surface area contributed by atoms with E-state index in [9.17, 15) is 4.79 Å². The quantitative estimate of drug-likeness (QED) is 0.886. The molecule has 0 aromatic heterocycles. The molecule has 0 saturated carbocycles. The SMILES string of the molecule is CC(SCc1ccc(C(C)(C)C)cc1)C(=O)NC(C)(C)C. The van der Waals surface area contributed by atoms with Gasteiger partial charge in [-0.3, -0.25) is 4.79 Å². The molecule has 1 unspecified atom stereocenters. The average molecular weight is 308 g/mol. The van der Waals surface area contributed by atoms with Crippen LogP contribution in [0, 0.1) is 0 Å². The maximum atomic E-state index is 12.0. The van der Waals surface area contributed by atoms with Crippen LogP contribution < -0.4 is 5.32 Å². The van der Waals surface area contributed by atoms with Crippen LogP contribution >= 0.6 is 11.8 Å². The minimum atomic E-state index is -0.166. The van der Waals surface area contributed by atoms with E-state index in [0.29, 0.717) is 0 Å². The molecule has 1 aromatic carbocycles. The summed E-state index contributed by atoms with van der Waals surface area (Å²) in [6.45, 7) is 14.6. The van der Waals surface area contributed by atoms with Crippen LogP contribution in [-0.4, -0.2) is 16.7 Å². The number of thioether (sulfide) groups is 1. The van der Waals surface area contributed by atoms with Crippen molar-refractivity contribution in [3.8, 4) is 0 Å². The maximum Gasteiger partial charge on any atom is 0.233 e. The molecule has 0 aliphatic carbocycles. The molecule has 2 nitrogen and oxygen atoms in total. The number of benzene rings is 1. The number of nitrogens with one attached hydrogen (secondary N) is 1. The highest BCUT2D eigenvalue weighted by Crippen LogP contribution is 2.24. The van der Waals surface area contributed by atoms with Crippen LogP contribution in [0.2, 0.25) is 0 Å². The van der Waals surface area contributed by atoms with Gasteiger partial charge in [0.05, 0.1) is 5.25 Å². The highest BCUT2D eigenvalue weighted by atomic mass is 32.2. The van der Waals surface area contributed by atoms with E-state index in [1.165, 1.54) is 11.1 Å². The summed E-state index contributed by atoms with van der Waals surface area (Å²) in [6.07, 6.45) is 0. The molecule has 3 heteroatoms. The highest BCUT2D eigenvalue weighted by molar-refractivity contribution is 7.99. The van der Waals surface area contributed by atoms with E-state index in [2.05, 4.69) is 50.4 Å². The lowest BCUT2D eigenvalue weighted by Gasteiger charge is -2.23. The molecular weight excluding hydrogens is 278 g/mol. The first kappa shape index (κ1) is 18.1. The third kappa shape index (κ3) is 6.56. The smallest absolute Gasteiger partial charge is 0.233 e. The van der Waals surface area contributed by atoms with E-state index >= 15 is 0 Å². The molecule has 1 amide bonds. The molecule has 1 N–H and O–H groups in total. The Morgan fingerprint density at radius 3 is 2.05 bits per heavy atom. The van der Waals surface area contributed by atoms with Crippen molar-refractivity contribution in [3.63, 3.8) is 0 Å². The van der Waals surface area contributed by atoms with Crippen molar-refractivity contribution in [2.24, 2.45) is 0 Å². The number of hydrogen-bond donors (Lipinski definition) is 1. The number of amides is 1. The van der Waals surface area contributed by atoms with E-state index in [0.717, 1.165) is 5.75 Å². The van der Waals surface area contributed by atoms with Crippen LogP contribution in [0.15, 0.2) is 24.3 Å². The lowest BCUT2D eigenvalue weighted by atomic mass is 9.87. The zero-order valence-electron chi connectivity index (χ0n) is 14.4. The molecule has 0 radical (unpaired) electrons. The van der Waals surface area contributed by atoms with Crippen LogP contribution in [-0.2, 0) is 16.0 Å². The van der Waals surface area contributed by atoms with Gasteiger partial charge < -0.3 is 5.32 Å². The largest absolute Gasteiger partial charge is 0.351 e. The molecule has 0 saturated heterocycles. The molecule has 0 spiro atoms. The summed E-state index contributed by atoms with van der Waals surface area (Å²) in [5.41, 5.74) is 2.63. The van der Waals surface area contributed by atoms with Crippen molar-refractivity contribution in [2.75, 3.05) is 0 Å². The Kier molecular flexibility index (Phi) is 5.92. The zero-order valence-corrected chi connectivity index (χ0v) is 15.2. The van der Waals surface area contributed by atoms with Crippen molar-refractivity contribution in [2.45, 2.75) is 70.4 Å². The number of carbonyl (C=O) groups is 1. The molecule has 1 atom stereocenters. The molecule has 1 aromatic rings. The van der Waals surface area contributed by atoms with Crippen LogP contribution in [0.3, 0.4) is 0 Å². The summed E-state index contributed by atoms with van der Waals surface area (Å²) in [4.78, 5) is 12.0. The second-order valence-corrected chi connectivity index (χ2v) is 8.97. The van der Waals surface area contributed by atoms with Crippen molar-refractivity contribution in [1.82, 2.24) is 5.32 Å². The van der Waals surface area contributed by atoms with Gasteiger partial charge in [-0.05, 0) is 44.2 Å². The fourth-order valence-corrected chi connectivity index (χ4v) is 2.71. The third-order valence-electron chi connectivity index (χ3n) is 3.19. The summed E-state index contributed by atoms with van der Waals surface area (Å²) in [7, 11) is 0. The van der Waals surface area contributed by atoms with Crippen LogP contribution in [0.4, 0.5) is 0 Å². The number of carbonyl (C=O) groups excluding carboxylic acids is 1. The summed E-state index contributed by atoms with van der Waals surface area (Å²) < 4.78 is 0. The van der Waals surface area contributed by atoms with Crippen LogP contribution in [0.25, 0.3) is 0 Å². The lowest BCUT2D eigenvalue weighted by Crippen LogP contribution is -2.44. The molecule has 0 fully saturated rings. The van der Waals surface area contributed by atoms with E-state index in [4.69, 9.17) is 0 Å². The Labute approximate surface area is 134 Å². The van der Waals surface area contributed by atoms with Crippen LogP contribution in [0.5, 0.6) is 0 Å². The Morgan fingerprint density at radius 2 is 1.62 bits per heavy atom. The normalized spacial score (nSPS) is 13.9. The van der Waals surface area contributed by atoms with Gasteiger partial charge in [0, 0.05) is 11.3 Å². The van der Waals surface area contributed by atoms with Crippen molar-refractivity contribution >= 4 is 17.7 Å². The molecule has 0 bridgehead atoms. The van der Waals surface area contributed by atoms with E-state index in [-0.39, 0.29) is 22.1 Å². The molecule has 118 valence electrons. The Hall–Kier alpha value is -0.960. The Bertz CT molecular complexity index is 465. The van der Waals surface area contributed by atoms with Crippen molar-refractivity contribution in [3.05, 3.63) is 35.4 Å². The minimum absolute atomic E-state index is 0.0356. The van der Waals surface area contributed by atoms with E-state index < -0.39 is 0 Å². The van der Waals surface area contributed by atoms with Gasteiger partial charge in [-0.2, -0.15) is 0 Å². The summed E-state index contributed by atoms with van der Waals surface area (Å²) in [6, 6.07) is 8.72. The summed E-state index contributed by atoms with van der Waals surface area (Å²) >= 11 is 1.68. The first-order valence-corrected chi connectivity index (χ1v) is 8.57. The van der Waals surface area contributed by atoms with Crippen molar-refractivity contribution < 1.29 is 4.79 Å². The minimum Gasteiger partial charge on any atom is -0.351 e. The number of rotatable bonds is 4. The first-order valence-electron chi connectivity index (χ1n) is 7.52. The van der Waals surface area contributed by atoms with Gasteiger partial charge in [-0.25, -0.2) is 0 Å². The van der Waals surface area contributed by atoms with Gasteiger partial charge >= 0.3 is 0 Å². The van der Waals surface area contributed by atoms with Gasteiger partial charge in [0.2, 0.25) is 5.91 Å². The molecule has 0 aliphatic rings. The average Bonchev–Trinajstić information content (AvgIpc) is 2.33. The first-order chi connectivity index (χ1) is 9.49. The third-order valence-corrected chi connectivity index (χ3v) is 4.40. The summed E-state index contributed by atoms with van der Waals surface area (Å²) in [5, 5.41) is 2.99. The fourth-order valence-electron chi connectivity index (χ4n) is 1.87. The van der Waals surface area contributed by atoms with E-state index in [1.54, 1.807) is 11.8 Å². The molecule has 0 heterocycles. The summed E-state index contributed by atoms with van der Waals surface area (Å²) in [5.74, 6) is 0.974. The maximum absolute atomic E-state index is 12.0. The van der Waals surface area contributed by atoms with Gasteiger partial charge in [0.1, 0.15) is 0 Å². The van der Waals surface area contributed by atoms with Crippen LogP contribution in [0.1, 0.15) is 59.6 Å². The monoisotopic (exact) mass is 307 g/mol. The van der Waals surface area contributed by atoms with Gasteiger partial charge in [-0.15, -0.1) is 11.8 Å². The second-order valence-electron chi connectivity index (χ2n) is 7.64. The van der Waals surface area contributed by atoms with E-state index in [1.807, 2.05) is 27.7 Å².